The van der Waals surface area contributed by atoms with Gasteiger partial charge in [-0.3, -0.25) is 14.4 Å². The quantitative estimate of drug-likeness (QED) is 0.0267. The number of ether oxygens (including phenoxy) is 3. The molecule has 0 amide bonds. The highest BCUT2D eigenvalue weighted by atomic mass is 16.6. The Morgan fingerprint density at radius 1 is 0.375 bits per heavy atom. The summed E-state index contributed by atoms with van der Waals surface area (Å²) in [6.45, 7) is 6.40. The minimum atomic E-state index is -0.798. The Balaban J connectivity index is 4.46. The molecule has 0 saturated heterocycles. The lowest BCUT2D eigenvalue weighted by molar-refractivity contribution is -0.167. The van der Waals surface area contributed by atoms with Crippen molar-refractivity contribution in [2.45, 2.75) is 213 Å². The van der Waals surface area contributed by atoms with Crippen LogP contribution in [0.2, 0.25) is 0 Å². The summed E-state index contributed by atoms with van der Waals surface area (Å²) in [7, 11) is 0. The highest BCUT2D eigenvalue weighted by Crippen LogP contribution is 2.13. The molecule has 0 aromatic carbocycles. The molecular formula is C50H84O6. The van der Waals surface area contributed by atoms with Crippen LogP contribution >= 0.6 is 0 Å². The molecule has 0 saturated carbocycles. The predicted molar refractivity (Wildman–Crippen MR) is 238 cm³/mol. The Bertz CT molecular complexity index is 1080. The normalized spacial score (nSPS) is 12.7. The molecule has 0 aliphatic rings. The molecule has 0 radical (unpaired) electrons. The molecule has 0 aromatic rings. The molecule has 6 heteroatoms. The Morgan fingerprint density at radius 3 is 1.21 bits per heavy atom. The van der Waals surface area contributed by atoms with Crippen molar-refractivity contribution in [2.75, 3.05) is 13.2 Å². The molecule has 0 heterocycles. The minimum Gasteiger partial charge on any atom is -0.462 e. The predicted octanol–water partition coefficient (Wildman–Crippen LogP) is 14.7. The molecule has 0 fully saturated rings. The first-order valence-electron chi connectivity index (χ1n) is 22.9. The van der Waals surface area contributed by atoms with Crippen molar-refractivity contribution in [3.8, 4) is 0 Å². The Hall–Kier alpha value is -3.15. The van der Waals surface area contributed by atoms with Crippen molar-refractivity contribution in [2.24, 2.45) is 0 Å². The lowest BCUT2D eigenvalue weighted by Gasteiger charge is -2.18. The van der Waals surface area contributed by atoms with Gasteiger partial charge in [-0.1, -0.05) is 177 Å². The third kappa shape index (κ3) is 42.0. The summed E-state index contributed by atoms with van der Waals surface area (Å²) < 4.78 is 16.6. The van der Waals surface area contributed by atoms with Crippen molar-refractivity contribution < 1.29 is 28.6 Å². The minimum absolute atomic E-state index is 0.0960. The van der Waals surface area contributed by atoms with Gasteiger partial charge in [-0.25, -0.2) is 0 Å². The van der Waals surface area contributed by atoms with E-state index < -0.39 is 6.10 Å². The van der Waals surface area contributed by atoms with Gasteiger partial charge in [0.15, 0.2) is 6.10 Å². The molecule has 0 bridgehead atoms. The van der Waals surface area contributed by atoms with E-state index >= 15 is 0 Å². The highest BCUT2D eigenvalue weighted by Gasteiger charge is 2.19. The van der Waals surface area contributed by atoms with Gasteiger partial charge in [0.25, 0.3) is 0 Å². The number of unbranched alkanes of at least 4 members (excludes halogenated alkanes) is 17. The van der Waals surface area contributed by atoms with Crippen molar-refractivity contribution >= 4 is 17.9 Å². The second-order valence-electron chi connectivity index (χ2n) is 14.9. The molecular weight excluding hydrogens is 697 g/mol. The second-order valence-corrected chi connectivity index (χ2v) is 14.9. The molecule has 56 heavy (non-hydrogen) atoms. The maximum absolute atomic E-state index is 12.7. The second kappa shape index (κ2) is 44.6. The zero-order valence-corrected chi connectivity index (χ0v) is 36.4. The first kappa shape index (κ1) is 52.9. The maximum Gasteiger partial charge on any atom is 0.306 e. The lowest BCUT2D eigenvalue weighted by Crippen LogP contribution is -2.30. The van der Waals surface area contributed by atoms with Gasteiger partial charge >= 0.3 is 17.9 Å². The van der Waals surface area contributed by atoms with E-state index in [1.54, 1.807) is 0 Å². The van der Waals surface area contributed by atoms with E-state index in [2.05, 4.69) is 93.7 Å². The topological polar surface area (TPSA) is 78.9 Å². The van der Waals surface area contributed by atoms with Crippen molar-refractivity contribution in [1.82, 2.24) is 0 Å². The average molecular weight is 781 g/mol. The molecule has 0 aromatic heterocycles. The summed E-state index contributed by atoms with van der Waals surface area (Å²) in [5.74, 6) is -0.974. The highest BCUT2D eigenvalue weighted by molar-refractivity contribution is 5.71. The molecule has 0 aliphatic heterocycles. The third-order valence-corrected chi connectivity index (χ3v) is 9.45. The molecule has 6 nitrogen and oxygen atoms in total. The van der Waals surface area contributed by atoms with Gasteiger partial charge in [0.1, 0.15) is 13.2 Å². The van der Waals surface area contributed by atoms with E-state index in [0.29, 0.717) is 19.3 Å². The fraction of sp³-hybridized carbons (Fsp3) is 0.700. The summed E-state index contributed by atoms with van der Waals surface area (Å²) in [6, 6.07) is 0. The van der Waals surface area contributed by atoms with E-state index in [1.807, 2.05) is 0 Å². The van der Waals surface area contributed by atoms with Crippen LogP contribution in [-0.2, 0) is 28.6 Å². The van der Waals surface area contributed by atoms with E-state index in [0.717, 1.165) is 89.9 Å². The van der Waals surface area contributed by atoms with Crippen LogP contribution < -0.4 is 0 Å². The summed E-state index contributed by atoms with van der Waals surface area (Å²) >= 11 is 0. The van der Waals surface area contributed by atoms with Crippen molar-refractivity contribution in [3.05, 3.63) is 72.9 Å². The summed E-state index contributed by atoms with van der Waals surface area (Å²) in [5, 5.41) is 0. The number of carbonyl (C=O) groups is 3. The summed E-state index contributed by atoms with van der Waals surface area (Å²) in [5.41, 5.74) is 0. The Labute approximate surface area is 344 Å². The van der Waals surface area contributed by atoms with Crippen molar-refractivity contribution in [1.29, 1.82) is 0 Å². The van der Waals surface area contributed by atoms with Crippen LogP contribution in [-0.4, -0.2) is 37.2 Å². The van der Waals surface area contributed by atoms with Gasteiger partial charge in [-0.15, -0.1) is 0 Å². The third-order valence-electron chi connectivity index (χ3n) is 9.45. The van der Waals surface area contributed by atoms with E-state index in [4.69, 9.17) is 14.2 Å². The van der Waals surface area contributed by atoms with E-state index in [9.17, 15) is 14.4 Å². The molecule has 320 valence electrons. The SMILES string of the molecule is CC/C=C\C/C=C\C/C=C\C/C=C\C/C=C\CCCC(=O)OCC(COC(=O)CCCCCCCCCCC)OC(=O)CCCCCCC/C=C\CCCCC. The van der Waals surface area contributed by atoms with Gasteiger partial charge in [-0.05, 0) is 83.5 Å². The molecule has 0 N–H and O–H groups in total. The maximum atomic E-state index is 12.7. The van der Waals surface area contributed by atoms with Crippen LogP contribution in [0.5, 0.6) is 0 Å². The number of carbonyl (C=O) groups excluding carboxylic acids is 3. The fourth-order valence-electron chi connectivity index (χ4n) is 6.00. The lowest BCUT2D eigenvalue weighted by atomic mass is 10.1. The number of hydrogen-bond acceptors (Lipinski definition) is 6. The van der Waals surface area contributed by atoms with Gasteiger partial charge in [0, 0.05) is 19.3 Å². The largest absolute Gasteiger partial charge is 0.462 e. The van der Waals surface area contributed by atoms with Gasteiger partial charge in [0.2, 0.25) is 0 Å². The first-order valence-corrected chi connectivity index (χ1v) is 22.9. The first-order chi connectivity index (χ1) is 27.5. The molecule has 0 aliphatic carbocycles. The van der Waals surface area contributed by atoms with Gasteiger partial charge in [-0.2, -0.15) is 0 Å². The summed E-state index contributed by atoms with van der Waals surface area (Å²) in [4.78, 5) is 37.7. The number of rotatable bonds is 40. The van der Waals surface area contributed by atoms with Crippen LogP contribution in [0.3, 0.4) is 0 Å². The molecule has 0 rings (SSSR count). The monoisotopic (exact) mass is 781 g/mol. The molecule has 1 atom stereocenters. The smallest absolute Gasteiger partial charge is 0.306 e. The average Bonchev–Trinajstić information content (AvgIpc) is 3.19. The van der Waals surface area contributed by atoms with Crippen molar-refractivity contribution in [3.63, 3.8) is 0 Å². The standard InChI is InChI=1S/C50H84O6/c1-4-7-10-13-16-19-21-23-24-25-26-27-29-31-34-37-40-43-49(52)55-46-47(45-54-48(51)42-39-36-33-30-18-15-12-9-6-3)56-50(53)44-41-38-35-32-28-22-20-17-14-11-8-5-2/h7,10,16-17,19-20,23-24,26-27,31,34,47H,4-6,8-9,11-15,18,21-22,25,28-30,32-33,35-46H2,1-3H3/b10-7-,19-16-,20-17-,24-23-,27-26-,34-31-. The number of allylic oxidation sites excluding steroid dienone is 12. The Morgan fingerprint density at radius 2 is 0.714 bits per heavy atom. The Kier molecular flexibility index (Phi) is 42.1. The number of esters is 3. The van der Waals surface area contributed by atoms with Crippen LogP contribution in [0, 0.1) is 0 Å². The summed E-state index contributed by atoms with van der Waals surface area (Å²) in [6.07, 6.45) is 54.6. The van der Waals surface area contributed by atoms with Crippen LogP contribution in [0.1, 0.15) is 207 Å². The zero-order chi connectivity index (χ0) is 40.8. The number of hydrogen-bond donors (Lipinski definition) is 0. The molecule has 0 spiro atoms. The van der Waals surface area contributed by atoms with Crippen LogP contribution in [0.4, 0.5) is 0 Å². The van der Waals surface area contributed by atoms with Crippen LogP contribution in [0.25, 0.3) is 0 Å². The molecule has 1 unspecified atom stereocenters. The van der Waals surface area contributed by atoms with Gasteiger partial charge in [0.05, 0.1) is 0 Å². The fourth-order valence-corrected chi connectivity index (χ4v) is 6.00. The van der Waals surface area contributed by atoms with E-state index in [1.165, 1.54) is 70.6 Å². The van der Waals surface area contributed by atoms with Crippen LogP contribution in [0.15, 0.2) is 72.9 Å². The van der Waals surface area contributed by atoms with E-state index in [-0.39, 0.29) is 37.5 Å². The zero-order valence-electron chi connectivity index (χ0n) is 36.4. The van der Waals surface area contributed by atoms with Gasteiger partial charge < -0.3 is 14.2 Å².